The van der Waals surface area contributed by atoms with E-state index in [1.807, 2.05) is 78.9 Å². The van der Waals surface area contributed by atoms with Crippen molar-refractivity contribution in [2.75, 3.05) is 6.29 Å². The SMILES string of the molecule is O=P(CNC(c1ccccc1)(c1ccccc1)c1ccccc1)(c1ccccc1)c1ccccc1. The van der Waals surface area contributed by atoms with Gasteiger partial charge in [-0.25, -0.2) is 0 Å². The van der Waals surface area contributed by atoms with Gasteiger partial charge in [-0.15, -0.1) is 0 Å². The summed E-state index contributed by atoms with van der Waals surface area (Å²) in [6, 6.07) is 51.0. The minimum Gasteiger partial charge on any atom is -0.312 e. The second kappa shape index (κ2) is 10.3. The van der Waals surface area contributed by atoms with Crippen LogP contribution in [0.3, 0.4) is 0 Å². The molecule has 0 aliphatic rings. The summed E-state index contributed by atoms with van der Waals surface area (Å²) in [6.45, 7) is 0. The van der Waals surface area contributed by atoms with Gasteiger partial charge in [0.15, 0.2) is 7.14 Å². The minimum atomic E-state index is -2.99. The third-order valence-corrected chi connectivity index (χ3v) is 9.40. The normalized spacial score (nSPS) is 11.8. The second-order valence-electron chi connectivity index (χ2n) is 8.59. The van der Waals surface area contributed by atoms with Gasteiger partial charge in [0.2, 0.25) is 0 Å². The molecular formula is C32H28NOP. The van der Waals surface area contributed by atoms with E-state index < -0.39 is 12.7 Å². The number of benzene rings is 5. The highest BCUT2D eigenvalue weighted by Crippen LogP contribution is 2.45. The van der Waals surface area contributed by atoms with Crippen LogP contribution in [0.2, 0.25) is 0 Å². The van der Waals surface area contributed by atoms with Crippen LogP contribution in [0.5, 0.6) is 0 Å². The van der Waals surface area contributed by atoms with Crippen LogP contribution in [0.1, 0.15) is 16.7 Å². The smallest absolute Gasteiger partial charge is 0.156 e. The zero-order valence-electron chi connectivity index (χ0n) is 19.5. The lowest BCUT2D eigenvalue weighted by Gasteiger charge is -2.38. The Morgan fingerprint density at radius 3 is 1.06 bits per heavy atom. The van der Waals surface area contributed by atoms with Gasteiger partial charge in [0.05, 0.1) is 11.8 Å². The average Bonchev–Trinajstić information content (AvgIpc) is 2.96. The molecule has 3 heteroatoms. The summed E-state index contributed by atoms with van der Waals surface area (Å²) in [6.07, 6.45) is 0.305. The summed E-state index contributed by atoms with van der Waals surface area (Å²) in [5.74, 6) is 0. The van der Waals surface area contributed by atoms with E-state index in [0.29, 0.717) is 6.29 Å². The molecule has 0 aromatic heterocycles. The van der Waals surface area contributed by atoms with Gasteiger partial charge in [0.1, 0.15) is 0 Å². The zero-order chi connectivity index (χ0) is 24.0. The first-order chi connectivity index (χ1) is 17.2. The fourth-order valence-corrected chi connectivity index (χ4v) is 7.20. The minimum absolute atomic E-state index is 0.305. The highest BCUT2D eigenvalue weighted by atomic mass is 31.2. The molecule has 0 heterocycles. The van der Waals surface area contributed by atoms with Crippen LogP contribution in [0.25, 0.3) is 0 Å². The van der Waals surface area contributed by atoms with Crippen LogP contribution in [-0.2, 0) is 10.1 Å². The predicted octanol–water partition coefficient (Wildman–Crippen LogP) is 6.54. The Morgan fingerprint density at radius 1 is 0.457 bits per heavy atom. The van der Waals surface area contributed by atoms with Crippen molar-refractivity contribution in [3.05, 3.63) is 168 Å². The number of nitrogens with one attached hydrogen (secondary N) is 1. The molecule has 5 rings (SSSR count). The molecule has 0 atom stereocenters. The van der Waals surface area contributed by atoms with Gasteiger partial charge in [-0.2, -0.15) is 0 Å². The highest BCUT2D eigenvalue weighted by molar-refractivity contribution is 7.78. The van der Waals surface area contributed by atoms with Gasteiger partial charge >= 0.3 is 0 Å². The maximum absolute atomic E-state index is 14.9. The summed E-state index contributed by atoms with van der Waals surface area (Å²) in [4.78, 5) is 0. The molecule has 5 aromatic rings. The molecule has 0 fully saturated rings. The summed E-state index contributed by atoms with van der Waals surface area (Å²) >= 11 is 0. The molecule has 2 nitrogen and oxygen atoms in total. The molecule has 0 unspecified atom stereocenters. The largest absolute Gasteiger partial charge is 0.312 e. The lowest BCUT2D eigenvalue weighted by atomic mass is 9.77. The van der Waals surface area contributed by atoms with Crippen molar-refractivity contribution in [2.24, 2.45) is 0 Å². The van der Waals surface area contributed by atoms with E-state index in [0.717, 1.165) is 27.3 Å². The van der Waals surface area contributed by atoms with Gasteiger partial charge < -0.3 is 4.57 Å². The topological polar surface area (TPSA) is 29.1 Å². The monoisotopic (exact) mass is 473 g/mol. The van der Waals surface area contributed by atoms with Crippen LogP contribution < -0.4 is 15.9 Å². The van der Waals surface area contributed by atoms with Crippen LogP contribution >= 0.6 is 7.14 Å². The van der Waals surface area contributed by atoms with Crippen LogP contribution in [0.4, 0.5) is 0 Å². The van der Waals surface area contributed by atoms with Gasteiger partial charge in [0.25, 0.3) is 0 Å². The van der Waals surface area contributed by atoms with Crippen LogP contribution in [0.15, 0.2) is 152 Å². The van der Waals surface area contributed by atoms with E-state index in [-0.39, 0.29) is 0 Å². The van der Waals surface area contributed by atoms with E-state index in [2.05, 4.69) is 78.1 Å². The predicted molar refractivity (Wildman–Crippen MR) is 147 cm³/mol. The van der Waals surface area contributed by atoms with E-state index in [1.165, 1.54) is 0 Å². The molecule has 0 saturated carbocycles. The van der Waals surface area contributed by atoms with Crippen molar-refractivity contribution in [3.63, 3.8) is 0 Å². The van der Waals surface area contributed by atoms with Crippen molar-refractivity contribution in [2.45, 2.75) is 5.54 Å². The van der Waals surface area contributed by atoms with Gasteiger partial charge in [-0.05, 0) is 16.7 Å². The molecule has 0 radical (unpaired) electrons. The van der Waals surface area contributed by atoms with Crippen molar-refractivity contribution in [1.29, 1.82) is 0 Å². The Balaban J connectivity index is 1.70. The quantitative estimate of drug-likeness (QED) is 0.205. The Morgan fingerprint density at radius 2 is 0.743 bits per heavy atom. The first-order valence-electron chi connectivity index (χ1n) is 11.9. The third-order valence-electron chi connectivity index (χ3n) is 6.53. The average molecular weight is 474 g/mol. The second-order valence-corrected chi connectivity index (χ2v) is 11.4. The van der Waals surface area contributed by atoms with Crippen molar-refractivity contribution < 1.29 is 4.57 Å². The fourth-order valence-electron chi connectivity index (χ4n) is 4.77. The van der Waals surface area contributed by atoms with E-state index in [4.69, 9.17) is 0 Å². The first-order valence-corrected chi connectivity index (χ1v) is 13.7. The van der Waals surface area contributed by atoms with Crippen LogP contribution in [-0.4, -0.2) is 6.29 Å². The maximum atomic E-state index is 14.9. The molecule has 0 amide bonds. The molecule has 0 saturated heterocycles. The van der Waals surface area contributed by atoms with Crippen molar-refractivity contribution in [3.8, 4) is 0 Å². The lowest BCUT2D eigenvalue weighted by molar-refractivity contribution is 0.503. The third kappa shape index (κ3) is 4.51. The lowest BCUT2D eigenvalue weighted by Crippen LogP contribution is -2.46. The Hall–Kier alpha value is -3.71. The maximum Gasteiger partial charge on any atom is 0.156 e. The number of hydrogen-bond donors (Lipinski definition) is 1. The van der Waals surface area contributed by atoms with Crippen LogP contribution in [0, 0.1) is 0 Å². The summed E-state index contributed by atoms with van der Waals surface area (Å²) in [5, 5.41) is 5.55. The molecule has 0 aliphatic heterocycles. The molecule has 35 heavy (non-hydrogen) atoms. The molecule has 0 aliphatic carbocycles. The van der Waals surface area contributed by atoms with Gasteiger partial charge in [-0.1, -0.05) is 152 Å². The number of rotatable bonds is 8. The van der Waals surface area contributed by atoms with E-state index in [9.17, 15) is 4.57 Å². The standard InChI is InChI=1S/C32H28NOP/c34-35(30-22-12-4-13-23-30,31-24-14-5-15-25-31)26-33-32(27-16-6-1-7-17-27,28-18-8-2-9-19-28)29-20-10-3-11-21-29/h1-25,33H,26H2. The fraction of sp³-hybridized carbons (Fsp3) is 0.0625. The highest BCUT2D eigenvalue weighted by Gasteiger charge is 2.39. The molecule has 1 N–H and O–H groups in total. The molecular weight excluding hydrogens is 445 g/mol. The zero-order valence-corrected chi connectivity index (χ0v) is 20.4. The summed E-state index contributed by atoms with van der Waals surface area (Å²) < 4.78 is 14.9. The van der Waals surface area contributed by atoms with E-state index in [1.54, 1.807) is 0 Å². The Labute approximate surface area is 207 Å². The van der Waals surface area contributed by atoms with Crippen molar-refractivity contribution >= 4 is 17.8 Å². The Kier molecular flexibility index (Phi) is 6.77. The van der Waals surface area contributed by atoms with E-state index >= 15 is 0 Å². The summed E-state index contributed by atoms with van der Waals surface area (Å²) in [7, 11) is -2.99. The van der Waals surface area contributed by atoms with Gasteiger partial charge in [-0.3, -0.25) is 5.32 Å². The summed E-state index contributed by atoms with van der Waals surface area (Å²) in [5.41, 5.74) is 2.63. The molecule has 0 spiro atoms. The molecule has 5 aromatic carbocycles. The first kappa shape index (κ1) is 23.1. The molecule has 172 valence electrons. The Bertz CT molecular complexity index is 1250. The van der Waals surface area contributed by atoms with Gasteiger partial charge in [0, 0.05) is 10.6 Å². The molecule has 0 bridgehead atoms. The number of hydrogen-bond acceptors (Lipinski definition) is 2. The van der Waals surface area contributed by atoms with Crippen molar-refractivity contribution in [1.82, 2.24) is 5.32 Å².